The van der Waals surface area contributed by atoms with Crippen molar-refractivity contribution in [3.05, 3.63) is 35.4 Å². The molecule has 1 aromatic rings. The molecule has 1 unspecified atom stereocenters. The molecule has 0 fully saturated rings. The SMILES string of the molecule is O=S(=O)([O-])CCCC1OCCc2ccccc21. The highest BCUT2D eigenvalue weighted by molar-refractivity contribution is 7.85. The van der Waals surface area contributed by atoms with Gasteiger partial charge in [0.2, 0.25) is 0 Å². The third-order valence-corrected chi connectivity index (χ3v) is 3.74. The van der Waals surface area contributed by atoms with E-state index in [9.17, 15) is 13.0 Å². The maximum absolute atomic E-state index is 10.5. The van der Waals surface area contributed by atoms with Crippen LogP contribution in [-0.4, -0.2) is 25.3 Å². The van der Waals surface area contributed by atoms with E-state index in [-0.39, 0.29) is 11.9 Å². The maximum Gasteiger partial charge on any atom is 0.0945 e. The highest BCUT2D eigenvalue weighted by Gasteiger charge is 2.19. The average Bonchev–Trinajstić information content (AvgIpc) is 2.28. The lowest BCUT2D eigenvalue weighted by atomic mass is 9.95. The van der Waals surface area contributed by atoms with Gasteiger partial charge >= 0.3 is 0 Å². The van der Waals surface area contributed by atoms with Gasteiger partial charge in [-0.25, -0.2) is 8.42 Å². The van der Waals surface area contributed by atoms with E-state index >= 15 is 0 Å². The zero-order valence-corrected chi connectivity index (χ0v) is 10.3. The zero-order chi connectivity index (χ0) is 12.3. The highest BCUT2D eigenvalue weighted by Crippen LogP contribution is 2.30. The summed E-state index contributed by atoms with van der Waals surface area (Å²) in [5.41, 5.74) is 2.38. The Labute approximate surface area is 101 Å². The number of benzene rings is 1. The van der Waals surface area contributed by atoms with Crippen LogP contribution in [0.2, 0.25) is 0 Å². The molecule has 0 amide bonds. The lowest BCUT2D eigenvalue weighted by molar-refractivity contribution is 0.0362. The molecule has 5 heteroatoms. The minimum Gasteiger partial charge on any atom is -0.748 e. The predicted molar refractivity (Wildman–Crippen MR) is 62.6 cm³/mol. The molecule has 0 saturated heterocycles. The number of ether oxygens (including phenoxy) is 1. The van der Waals surface area contributed by atoms with Crippen LogP contribution in [0, 0.1) is 0 Å². The Morgan fingerprint density at radius 2 is 2.12 bits per heavy atom. The molecule has 0 aliphatic carbocycles. The molecule has 94 valence electrons. The van der Waals surface area contributed by atoms with E-state index in [0.717, 1.165) is 12.0 Å². The second-order valence-corrected chi connectivity index (χ2v) is 5.74. The van der Waals surface area contributed by atoms with Crippen LogP contribution in [0.25, 0.3) is 0 Å². The fraction of sp³-hybridized carbons (Fsp3) is 0.500. The summed E-state index contributed by atoms with van der Waals surface area (Å²) >= 11 is 0. The van der Waals surface area contributed by atoms with Crippen LogP contribution in [0.5, 0.6) is 0 Å². The molecule has 0 spiro atoms. The smallest absolute Gasteiger partial charge is 0.0945 e. The van der Waals surface area contributed by atoms with Gasteiger partial charge in [0.1, 0.15) is 0 Å². The van der Waals surface area contributed by atoms with E-state index in [0.29, 0.717) is 19.4 Å². The first-order valence-electron chi connectivity index (χ1n) is 5.69. The molecule has 17 heavy (non-hydrogen) atoms. The van der Waals surface area contributed by atoms with Gasteiger partial charge in [0.25, 0.3) is 0 Å². The van der Waals surface area contributed by atoms with Crippen molar-refractivity contribution in [1.29, 1.82) is 0 Å². The first-order chi connectivity index (χ1) is 8.06. The fourth-order valence-electron chi connectivity index (χ4n) is 2.16. The minimum atomic E-state index is -4.11. The maximum atomic E-state index is 10.5. The number of hydrogen-bond donors (Lipinski definition) is 0. The van der Waals surface area contributed by atoms with Crippen LogP contribution in [0.4, 0.5) is 0 Å². The van der Waals surface area contributed by atoms with E-state index in [2.05, 4.69) is 6.07 Å². The van der Waals surface area contributed by atoms with Crippen LogP contribution in [0.15, 0.2) is 24.3 Å². The monoisotopic (exact) mass is 255 g/mol. The summed E-state index contributed by atoms with van der Waals surface area (Å²) < 4.78 is 37.2. The molecule has 0 radical (unpaired) electrons. The van der Waals surface area contributed by atoms with Gasteiger partial charge < -0.3 is 9.29 Å². The van der Waals surface area contributed by atoms with Crippen molar-refractivity contribution in [2.24, 2.45) is 0 Å². The number of rotatable bonds is 4. The van der Waals surface area contributed by atoms with Crippen molar-refractivity contribution in [1.82, 2.24) is 0 Å². The lowest BCUT2D eigenvalue weighted by Gasteiger charge is -2.26. The molecule has 1 aliphatic rings. The Bertz CT molecular complexity index is 481. The molecule has 1 heterocycles. The van der Waals surface area contributed by atoms with Gasteiger partial charge in [0.05, 0.1) is 22.8 Å². The van der Waals surface area contributed by atoms with E-state index < -0.39 is 10.1 Å². The standard InChI is InChI=1S/C12H16O4S/c13-17(14,15)9-3-6-12-11-5-2-1-4-10(11)7-8-16-12/h1-2,4-5,12H,3,6-9H2,(H,13,14,15)/p-1. The van der Waals surface area contributed by atoms with Gasteiger partial charge in [-0.05, 0) is 30.4 Å². The highest BCUT2D eigenvalue weighted by atomic mass is 32.2. The average molecular weight is 255 g/mol. The second kappa shape index (κ2) is 5.16. The molecule has 2 rings (SSSR count). The van der Waals surface area contributed by atoms with Gasteiger partial charge in [-0.15, -0.1) is 0 Å². The van der Waals surface area contributed by atoms with Gasteiger partial charge in [0.15, 0.2) is 0 Å². The molecule has 1 atom stereocenters. The van der Waals surface area contributed by atoms with E-state index in [1.807, 2.05) is 18.2 Å². The Morgan fingerprint density at radius 3 is 2.88 bits per heavy atom. The van der Waals surface area contributed by atoms with Crippen molar-refractivity contribution < 1.29 is 17.7 Å². The third kappa shape index (κ3) is 3.52. The summed E-state index contributed by atoms with van der Waals surface area (Å²) in [5, 5.41) is 0. The van der Waals surface area contributed by atoms with Crippen molar-refractivity contribution in [3.63, 3.8) is 0 Å². The van der Waals surface area contributed by atoms with Gasteiger partial charge in [-0.3, -0.25) is 0 Å². The van der Waals surface area contributed by atoms with Crippen LogP contribution >= 0.6 is 0 Å². The predicted octanol–water partition coefficient (Wildman–Crippen LogP) is 1.63. The Hall–Kier alpha value is -0.910. The molecule has 1 aromatic carbocycles. The fourth-order valence-corrected chi connectivity index (χ4v) is 2.68. The summed E-state index contributed by atoms with van der Waals surface area (Å²) in [6, 6.07) is 8.01. The second-order valence-electron chi connectivity index (χ2n) is 4.21. The molecule has 0 aromatic heterocycles. The Morgan fingerprint density at radius 1 is 1.35 bits per heavy atom. The topological polar surface area (TPSA) is 66.4 Å². The van der Waals surface area contributed by atoms with Crippen LogP contribution in [0.3, 0.4) is 0 Å². The molecule has 0 bridgehead atoms. The van der Waals surface area contributed by atoms with E-state index in [1.165, 1.54) is 5.56 Å². The van der Waals surface area contributed by atoms with Crippen molar-refractivity contribution in [3.8, 4) is 0 Å². The third-order valence-electron chi connectivity index (χ3n) is 2.95. The Kier molecular flexibility index (Phi) is 3.81. The first kappa shape index (κ1) is 12.5. The summed E-state index contributed by atoms with van der Waals surface area (Å²) in [5.74, 6) is -0.310. The molecule has 0 N–H and O–H groups in total. The molecular formula is C12H15O4S-. The summed E-state index contributed by atoms with van der Waals surface area (Å²) in [6.07, 6.45) is 1.76. The van der Waals surface area contributed by atoms with Gasteiger partial charge in [-0.1, -0.05) is 24.3 Å². The zero-order valence-electron chi connectivity index (χ0n) is 9.46. The number of fused-ring (bicyclic) bond motifs is 1. The van der Waals surface area contributed by atoms with Gasteiger partial charge in [0, 0.05) is 5.75 Å². The molecule has 4 nitrogen and oxygen atoms in total. The summed E-state index contributed by atoms with van der Waals surface area (Å²) in [4.78, 5) is 0. The largest absolute Gasteiger partial charge is 0.748 e. The lowest BCUT2D eigenvalue weighted by Crippen LogP contribution is -2.17. The molecule has 0 saturated carbocycles. The van der Waals surface area contributed by atoms with Crippen LogP contribution < -0.4 is 0 Å². The Balaban J connectivity index is 1.99. The van der Waals surface area contributed by atoms with Crippen molar-refractivity contribution in [2.45, 2.75) is 25.4 Å². The van der Waals surface area contributed by atoms with Crippen molar-refractivity contribution in [2.75, 3.05) is 12.4 Å². The quantitative estimate of drug-likeness (QED) is 0.767. The normalized spacial score (nSPS) is 19.9. The summed E-state index contributed by atoms with van der Waals surface area (Å²) in [6.45, 7) is 0.659. The minimum absolute atomic E-state index is 0.0679. The number of hydrogen-bond acceptors (Lipinski definition) is 4. The first-order valence-corrected chi connectivity index (χ1v) is 7.27. The van der Waals surface area contributed by atoms with E-state index in [1.54, 1.807) is 0 Å². The van der Waals surface area contributed by atoms with E-state index in [4.69, 9.17) is 4.74 Å². The summed E-state index contributed by atoms with van der Waals surface area (Å²) in [7, 11) is -4.11. The van der Waals surface area contributed by atoms with Crippen LogP contribution in [0.1, 0.15) is 30.1 Å². The molecule has 1 aliphatic heterocycles. The molecular weight excluding hydrogens is 240 g/mol. The van der Waals surface area contributed by atoms with Crippen LogP contribution in [-0.2, 0) is 21.3 Å². The van der Waals surface area contributed by atoms with Gasteiger partial charge in [-0.2, -0.15) is 0 Å². The van der Waals surface area contributed by atoms with Crippen molar-refractivity contribution >= 4 is 10.1 Å².